The standard InChI is InChI=1S/C28H35N3O3S/c1-2-17-35(33,34)22-13-11-21(12-14-22)27(19-31-15-5-6-16-31)30-28(32)24-18-26(20-9-10-20)29-25-8-4-3-7-23(24)25/h3-4,7-8,11-14,18,20,24,27,29H,2,5-6,9-10,15-17,19H2,1H3,(H,30,32). The van der Waals surface area contributed by atoms with E-state index < -0.39 is 9.84 Å². The van der Waals surface area contributed by atoms with Crippen molar-refractivity contribution in [1.82, 2.24) is 10.2 Å². The van der Waals surface area contributed by atoms with Gasteiger partial charge in [0.15, 0.2) is 9.84 Å². The summed E-state index contributed by atoms with van der Waals surface area (Å²) in [6.07, 6.45) is 7.36. The lowest BCUT2D eigenvalue weighted by atomic mass is 9.90. The Hall–Kier alpha value is -2.64. The van der Waals surface area contributed by atoms with E-state index in [4.69, 9.17) is 0 Å². The van der Waals surface area contributed by atoms with Gasteiger partial charge in [0.2, 0.25) is 5.91 Å². The Morgan fingerprint density at radius 3 is 2.49 bits per heavy atom. The van der Waals surface area contributed by atoms with Crippen LogP contribution in [0.3, 0.4) is 0 Å². The van der Waals surface area contributed by atoms with Crippen LogP contribution in [0, 0.1) is 5.92 Å². The molecule has 2 atom stereocenters. The van der Waals surface area contributed by atoms with Crippen LogP contribution in [0.5, 0.6) is 0 Å². The molecule has 1 saturated carbocycles. The monoisotopic (exact) mass is 493 g/mol. The maximum Gasteiger partial charge on any atom is 0.232 e. The van der Waals surface area contributed by atoms with Gasteiger partial charge in [-0.15, -0.1) is 0 Å². The van der Waals surface area contributed by atoms with E-state index in [9.17, 15) is 13.2 Å². The first-order valence-corrected chi connectivity index (χ1v) is 14.5. The Labute approximate surface area is 208 Å². The highest BCUT2D eigenvalue weighted by molar-refractivity contribution is 7.91. The fraction of sp³-hybridized carbons (Fsp3) is 0.464. The molecule has 2 aliphatic heterocycles. The molecule has 2 aromatic rings. The van der Waals surface area contributed by atoms with Crippen molar-refractivity contribution in [1.29, 1.82) is 0 Å². The Bertz CT molecular complexity index is 1200. The summed E-state index contributed by atoms with van der Waals surface area (Å²) in [6.45, 7) is 4.64. The number of nitrogens with one attached hydrogen (secondary N) is 2. The van der Waals surface area contributed by atoms with Crippen molar-refractivity contribution in [3.63, 3.8) is 0 Å². The molecular weight excluding hydrogens is 458 g/mol. The second kappa shape index (κ2) is 10.2. The van der Waals surface area contributed by atoms with E-state index in [0.717, 1.165) is 42.1 Å². The van der Waals surface area contributed by atoms with Crippen LogP contribution < -0.4 is 10.6 Å². The topological polar surface area (TPSA) is 78.5 Å². The maximum atomic E-state index is 13.7. The summed E-state index contributed by atoms with van der Waals surface area (Å²) in [4.78, 5) is 16.4. The van der Waals surface area contributed by atoms with E-state index in [2.05, 4.69) is 21.6 Å². The number of fused-ring (bicyclic) bond motifs is 1. The molecule has 5 rings (SSSR count). The second-order valence-corrected chi connectivity index (χ2v) is 12.2. The molecule has 2 unspecified atom stereocenters. The van der Waals surface area contributed by atoms with Gasteiger partial charge in [-0.3, -0.25) is 4.79 Å². The van der Waals surface area contributed by atoms with Gasteiger partial charge in [0, 0.05) is 17.9 Å². The number of benzene rings is 2. The lowest BCUT2D eigenvalue weighted by Crippen LogP contribution is -2.39. The molecule has 6 nitrogen and oxygen atoms in total. The normalized spacial score (nSPS) is 21.1. The van der Waals surface area contributed by atoms with Crippen molar-refractivity contribution in [2.45, 2.75) is 55.9 Å². The van der Waals surface area contributed by atoms with Crippen LogP contribution in [0.2, 0.25) is 0 Å². The van der Waals surface area contributed by atoms with Crippen molar-refractivity contribution in [2.24, 2.45) is 5.92 Å². The van der Waals surface area contributed by atoms with Crippen LogP contribution in [0.25, 0.3) is 0 Å². The van der Waals surface area contributed by atoms with Crippen molar-refractivity contribution in [3.05, 3.63) is 71.4 Å². The fourth-order valence-corrected chi connectivity index (χ4v) is 6.54. The number of para-hydroxylation sites is 1. The third kappa shape index (κ3) is 5.46. The zero-order valence-electron chi connectivity index (χ0n) is 20.4. The first kappa shape index (κ1) is 24.1. The molecule has 186 valence electrons. The molecule has 3 aliphatic rings. The van der Waals surface area contributed by atoms with E-state index in [1.54, 1.807) is 12.1 Å². The molecule has 1 amide bonds. The highest BCUT2D eigenvalue weighted by Gasteiger charge is 2.34. The van der Waals surface area contributed by atoms with Gasteiger partial charge < -0.3 is 15.5 Å². The molecule has 2 N–H and O–H groups in total. The number of hydrogen-bond donors (Lipinski definition) is 2. The van der Waals surface area contributed by atoms with Gasteiger partial charge in [-0.1, -0.05) is 37.3 Å². The number of sulfone groups is 1. The van der Waals surface area contributed by atoms with Crippen LogP contribution in [-0.2, 0) is 14.6 Å². The SMILES string of the molecule is CCCS(=O)(=O)c1ccc(C(CN2CCCC2)NC(=O)C2C=C(C3CC3)Nc3ccccc32)cc1. The van der Waals surface area contributed by atoms with Gasteiger partial charge >= 0.3 is 0 Å². The highest BCUT2D eigenvalue weighted by Crippen LogP contribution is 2.42. The zero-order chi connectivity index (χ0) is 24.4. The lowest BCUT2D eigenvalue weighted by Gasteiger charge is -2.29. The Morgan fingerprint density at radius 1 is 1.09 bits per heavy atom. The number of allylic oxidation sites excluding steroid dienone is 1. The van der Waals surface area contributed by atoms with Crippen LogP contribution in [0.4, 0.5) is 5.69 Å². The maximum absolute atomic E-state index is 13.7. The molecule has 2 aromatic carbocycles. The number of anilines is 1. The van der Waals surface area contributed by atoms with Gasteiger partial charge in [0.05, 0.1) is 22.6 Å². The predicted octanol–water partition coefficient (Wildman–Crippen LogP) is 4.63. The molecule has 1 aliphatic carbocycles. The largest absolute Gasteiger partial charge is 0.359 e. The number of carbonyl (C=O) groups is 1. The number of likely N-dealkylation sites (tertiary alicyclic amines) is 1. The molecule has 7 heteroatoms. The minimum atomic E-state index is -3.27. The van der Waals surface area contributed by atoms with E-state index >= 15 is 0 Å². The Kier molecular flexibility index (Phi) is 6.98. The summed E-state index contributed by atoms with van der Waals surface area (Å²) in [5.41, 5.74) is 4.11. The molecule has 2 fully saturated rings. The van der Waals surface area contributed by atoms with E-state index in [1.165, 1.54) is 25.7 Å². The minimum Gasteiger partial charge on any atom is -0.359 e. The molecule has 0 aromatic heterocycles. The third-order valence-corrected chi connectivity index (χ3v) is 9.23. The van der Waals surface area contributed by atoms with Crippen molar-refractivity contribution < 1.29 is 13.2 Å². The van der Waals surface area contributed by atoms with E-state index in [1.807, 2.05) is 43.3 Å². The molecule has 0 radical (unpaired) electrons. The van der Waals surface area contributed by atoms with Gasteiger partial charge in [0.1, 0.15) is 0 Å². The summed E-state index contributed by atoms with van der Waals surface area (Å²) < 4.78 is 25.0. The van der Waals surface area contributed by atoms with Crippen LogP contribution in [-0.4, -0.2) is 44.6 Å². The highest BCUT2D eigenvalue weighted by atomic mass is 32.2. The molecular formula is C28H35N3O3S. The third-order valence-electron chi connectivity index (χ3n) is 7.29. The van der Waals surface area contributed by atoms with Crippen LogP contribution in [0.1, 0.15) is 62.1 Å². The Balaban J connectivity index is 1.40. The van der Waals surface area contributed by atoms with Crippen molar-refractivity contribution >= 4 is 21.4 Å². The lowest BCUT2D eigenvalue weighted by molar-refractivity contribution is -0.122. The molecule has 2 heterocycles. The summed E-state index contributed by atoms with van der Waals surface area (Å²) in [6, 6.07) is 15.0. The van der Waals surface area contributed by atoms with E-state index in [0.29, 0.717) is 17.2 Å². The number of nitrogens with zero attached hydrogens (tertiary/aromatic N) is 1. The molecule has 0 bridgehead atoms. The number of amides is 1. The van der Waals surface area contributed by atoms with Crippen LogP contribution in [0.15, 0.2) is 65.2 Å². The van der Waals surface area contributed by atoms with Gasteiger partial charge in [0.25, 0.3) is 0 Å². The molecule has 35 heavy (non-hydrogen) atoms. The fourth-order valence-electron chi connectivity index (χ4n) is 5.21. The minimum absolute atomic E-state index is 0.0102. The summed E-state index contributed by atoms with van der Waals surface area (Å²) in [5, 5.41) is 6.87. The van der Waals surface area contributed by atoms with Gasteiger partial charge in [-0.25, -0.2) is 8.42 Å². The smallest absolute Gasteiger partial charge is 0.232 e. The molecule has 0 spiro atoms. The van der Waals surface area contributed by atoms with Crippen molar-refractivity contribution in [3.8, 4) is 0 Å². The average Bonchev–Trinajstić information content (AvgIpc) is 3.59. The quantitative estimate of drug-likeness (QED) is 0.533. The zero-order valence-corrected chi connectivity index (χ0v) is 21.2. The Morgan fingerprint density at radius 2 is 1.80 bits per heavy atom. The van der Waals surface area contributed by atoms with Crippen molar-refractivity contribution in [2.75, 3.05) is 30.7 Å². The van der Waals surface area contributed by atoms with Gasteiger partial charge in [-0.05, 0) is 86.5 Å². The first-order valence-electron chi connectivity index (χ1n) is 12.9. The summed E-state index contributed by atoms with van der Waals surface area (Å²) in [7, 11) is -3.27. The number of carbonyl (C=O) groups excluding carboxylic acids is 1. The second-order valence-electron chi connectivity index (χ2n) is 10.0. The van der Waals surface area contributed by atoms with Gasteiger partial charge in [-0.2, -0.15) is 0 Å². The number of hydrogen-bond acceptors (Lipinski definition) is 5. The summed E-state index contributed by atoms with van der Waals surface area (Å²) >= 11 is 0. The predicted molar refractivity (Wildman–Crippen MR) is 139 cm³/mol. The van der Waals surface area contributed by atoms with Crippen LogP contribution >= 0.6 is 0 Å². The summed E-state index contributed by atoms with van der Waals surface area (Å²) in [5.74, 6) is 0.319. The first-order chi connectivity index (χ1) is 16.9. The molecule has 1 saturated heterocycles. The number of rotatable bonds is 9. The van der Waals surface area contributed by atoms with E-state index in [-0.39, 0.29) is 23.6 Å². The average molecular weight is 494 g/mol.